The molecule has 2 aliphatic carbocycles. The van der Waals surface area contributed by atoms with Gasteiger partial charge >= 0.3 is 0 Å². The number of benzene rings is 2. The molecule has 5 nitrogen and oxygen atoms in total. The number of hydrogen-bond donors (Lipinski definition) is 2. The Labute approximate surface area is 170 Å². The van der Waals surface area contributed by atoms with Crippen LogP contribution in [0.2, 0.25) is 0 Å². The lowest BCUT2D eigenvalue weighted by Gasteiger charge is -2.28. The maximum Gasteiger partial charge on any atom is 0.261 e. The Hall–Kier alpha value is -2.41. The zero-order valence-electron chi connectivity index (χ0n) is 16.3. The number of fused-ring (bicyclic) bond motifs is 2. The fourth-order valence-corrected chi connectivity index (χ4v) is 5.90. The van der Waals surface area contributed by atoms with Gasteiger partial charge in [0.2, 0.25) is 0 Å². The molecule has 2 bridgehead atoms. The summed E-state index contributed by atoms with van der Waals surface area (Å²) in [7, 11) is -3.94. The second-order valence-corrected chi connectivity index (χ2v) is 9.89. The number of carbonyl (C=O) groups is 1. The van der Waals surface area contributed by atoms with Crippen LogP contribution < -0.4 is 10.0 Å². The fourth-order valence-electron chi connectivity index (χ4n) is 4.84. The van der Waals surface area contributed by atoms with Crippen LogP contribution in [0, 0.1) is 23.6 Å². The number of carbonyl (C=O) groups excluding carboxylic acids is 1. The number of amides is 1. The minimum absolute atomic E-state index is 0.0292. The van der Waals surface area contributed by atoms with E-state index in [4.69, 9.17) is 0 Å². The van der Waals surface area contributed by atoms with Gasteiger partial charge in [0, 0.05) is 11.6 Å². The molecule has 2 saturated carbocycles. The first kappa shape index (κ1) is 19.9. The number of sulfonamides is 1. The third-order valence-corrected chi connectivity index (χ3v) is 7.72. The Morgan fingerprint density at radius 2 is 1.79 bits per heavy atom. The molecule has 0 saturated heterocycles. The van der Waals surface area contributed by atoms with Crippen LogP contribution in [0.4, 0.5) is 10.1 Å². The van der Waals surface area contributed by atoms with Crippen molar-refractivity contribution in [1.29, 1.82) is 0 Å². The molecule has 4 atom stereocenters. The van der Waals surface area contributed by atoms with Gasteiger partial charge in [0.25, 0.3) is 15.9 Å². The van der Waals surface area contributed by atoms with Gasteiger partial charge in [-0.05, 0) is 80.3 Å². The number of anilines is 1. The van der Waals surface area contributed by atoms with Crippen molar-refractivity contribution in [3.63, 3.8) is 0 Å². The van der Waals surface area contributed by atoms with Crippen LogP contribution in [0.5, 0.6) is 0 Å². The molecule has 0 aromatic heterocycles. The van der Waals surface area contributed by atoms with Crippen LogP contribution in [-0.4, -0.2) is 20.4 Å². The molecular formula is C22H25FN2O3S. The Morgan fingerprint density at radius 3 is 2.41 bits per heavy atom. The summed E-state index contributed by atoms with van der Waals surface area (Å²) in [6, 6.07) is 11.4. The quantitative estimate of drug-likeness (QED) is 0.742. The minimum Gasteiger partial charge on any atom is -0.349 e. The summed E-state index contributed by atoms with van der Waals surface area (Å²) < 4.78 is 40.9. The molecular weight excluding hydrogens is 391 g/mol. The van der Waals surface area contributed by atoms with Gasteiger partial charge in [0.15, 0.2) is 0 Å². The number of para-hydroxylation sites is 1. The first-order valence-electron chi connectivity index (χ1n) is 10.0. The smallest absolute Gasteiger partial charge is 0.261 e. The van der Waals surface area contributed by atoms with Crippen LogP contribution in [0.25, 0.3) is 0 Å². The van der Waals surface area contributed by atoms with E-state index in [9.17, 15) is 17.6 Å². The molecule has 154 valence electrons. The van der Waals surface area contributed by atoms with Crippen molar-refractivity contribution in [1.82, 2.24) is 5.32 Å². The third kappa shape index (κ3) is 4.15. The molecule has 2 aromatic rings. The van der Waals surface area contributed by atoms with Crippen LogP contribution >= 0.6 is 0 Å². The molecule has 0 aliphatic heterocycles. The van der Waals surface area contributed by atoms with Crippen LogP contribution in [0.15, 0.2) is 53.4 Å². The number of nitrogens with one attached hydrogen (secondary N) is 2. The van der Waals surface area contributed by atoms with Crippen molar-refractivity contribution in [2.75, 3.05) is 4.72 Å². The largest absolute Gasteiger partial charge is 0.349 e. The van der Waals surface area contributed by atoms with Crippen molar-refractivity contribution in [3.8, 4) is 0 Å². The van der Waals surface area contributed by atoms with E-state index in [0.29, 0.717) is 17.4 Å². The monoisotopic (exact) mass is 416 g/mol. The van der Waals surface area contributed by atoms with E-state index in [-0.39, 0.29) is 22.5 Å². The van der Waals surface area contributed by atoms with Gasteiger partial charge in [0.1, 0.15) is 5.82 Å². The van der Waals surface area contributed by atoms with Gasteiger partial charge in [-0.15, -0.1) is 0 Å². The normalized spacial score (nSPS) is 24.3. The molecule has 2 N–H and O–H groups in total. The molecule has 0 radical (unpaired) electrons. The lowest BCUT2D eigenvalue weighted by molar-refractivity contribution is 0.0915. The Morgan fingerprint density at radius 1 is 1.07 bits per heavy atom. The molecule has 4 unspecified atom stereocenters. The first-order valence-corrected chi connectivity index (χ1v) is 11.5. The lowest BCUT2D eigenvalue weighted by atomic mass is 9.84. The maximum atomic E-state index is 13.7. The van der Waals surface area contributed by atoms with Crippen LogP contribution in [0.3, 0.4) is 0 Å². The number of halogens is 1. The highest BCUT2D eigenvalue weighted by molar-refractivity contribution is 7.92. The molecule has 4 rings (SSSR count). The second-order valence-electron chi connectivity index (χ2n) is 8.21. The topological polar surface area (TPSA) is 75.3 Å². The Kier molecular flexibility index (Phi) is 5.34. The highest BCUT2D eigenvalue weighted by Gasteiger charge is 2.42. The molecule has 2 aromatic carbocycles. The number of rotatable bonds is 6. The minimum atomic E-state index is -3.94. The van der Waals surface area contributed by atoms with Gasteiger partial charge in [0.05, 0.1) is 10.6 Å². The Balaban J connectivity index is 1.41. The van der Waals surface area contributed by atoms with Crippen LogP contribution in [0.1, 0.15) is 43.0 Å². The molecule has 2 aliphatic rings. The maximum absolute atomic E-state index is 13.7. The summed E-state index contributed by atoms with van der Waals surface area (Å²) in [5.74, 6) is 1.21. The molecule has 1 amide bonds. The van der Waals surface area contributed by atoms with E-state index in [1.807, 2.05) is 0 Å². The van der Waals surface area contributed by atoms with Crippen molar-refractivity contribution in [2.45, 2.75) is 43.5 Å². The standard InChI is InChI=1S/C22H25FN2O3S/c1-14(19-13-15-6-7-17(19)12-15)24-22(26)16-8-10-18(11-9-16)29(27,28)25-21-5-3-2-4-20(21)23/h2-5,8-11,14-15,17,19,25H,6-7,12-13H2,1H3,(H,24,26). The van der Waals surface area contributed by atoms with Gasteiger partial charge in [-0.25, -0.2) is 12.8 Å². The molecule has 0 spiro atoms. The second kappa shape index (κ2) is 7.78. The summed E-state index contributed by atoms with van der Waals surface area (Å²) >= 11 is 0. The summed E-state index contributed by atoms with van der Waals surface area (Å²) in [4.78, 5) is 12.6. The predicted molar refractivity (Wildman–Crippen MR) is 110 cm³/mol. The van der Waals surface area contributed by atoms with E-state index in [0.717, 1.165) is 5.92 Å². The fraction of sp³-hybridized carbons (Fsp3) is 0.409. The molecule has 2 fully saturated rings. The van der Waals surface area contributed by atoms with Crippen molar-refractivity contribution >= 4 is 21.6 Å². The van der Waals surface area contributed by atoms with Crippen LogP contribution in [-0.2, 0) is 10.0 Å². The first-order chi connectivity index (χ1) is 13.8. The van der Waals surface area contributed by atoms with Crippen molar-refractivity contribution < 1.29 is 17.6 Å². The highest BCUT2D eigenvalue weighted by Crippen LogP contribution is 2.49. The lowest BCUT2D eigenvalue weighted by Crippen LogP contribution is -2.40. The summed E-state index contributed by atoms with van der Waals surface area (Å²) in [5, 5.41) is 3.07. The van der Waals surface area contributed by atoms with Gasteiger partial charge < -0.3 is 5.32 Å². The highest BCUT2D eigenvalue weighted by atomic mass is 32.2. The number of hydrogen-bond acceptors (Lipinski definition) is 3. The summed E-state index contributed by atoms with van der Waals surface area (Å²) in [6.45, 7) is 2.06. The summed E-state index contributed by atoms with van der Waals surface area (Å²) in [5.41, 5.74) is 0.291. The molecule has 7 heteroatoms. The Bertz CT molecular complexity index is 1010. The summed E-state index contributed by atoms with van der Waals surface area (Å²) in [6.07, 6.45) is 5.05. The molecule has 0 heterocycles. The van der Waals surface area contributed by atoms with Crippen molar-refractivity contribution in [3.05, 3.63) is 59.9 Å². The van der Waals surface area contributed by atoms with E-state index in [2.05, 4.69) is 17.0 Å². The SMILES string of the molecule is CC(NC(=O)c1ccc(S(=O)(=O)Nc2ccccc2F)cc1)C1CC2CCC1C2. The molecule has 29 heavy (non-hydrogen) atoms. The van der Waals surface area contributed by atoms with E-state index in [1.165, 1.54) is 68.1 Å². The van der Waals surface area contributed by atoms with Gasteiger partial charge in [-0.2, -0.15) is 0 Å². The zero-order chi connectivity index (χ0) is 20.6. The van der Waals surface area contributed by atoms with E-state index < -0.39 is 15.8 Å². The van der Waals surface area contributed by atoms with E-state index >= 15 is 0 Å². The van der Waals surface area contributed by atoms with Gasteiger partial charge in [-0.3, -0.25) is 9.52 Å². The third-order valence-electron chi connectivity index (χ3n) is 6.34. The average Bonchev–Trinajstić information content (AvgIpc) is 3.33. The zero-order valence-corrected chi connectivity index (χ0v) is 17.1. The van der Waals surface area contributed by atoms with Gasteiger partial charge in [-0.1, -0.05) is 18.6 Å². The van der Waals surface area contributed by atoms with Crippen molar-refractivity contribution in [2.24, 2.45) is 17.8 Å². The average molecular weight is 417 g/mol. The van der Waals surface area contributed by atoms with E-state index in [1.54, 1.807) is 6.07 Å². The predicted octanol–water partition coefficient (Wildman–Crippen LogP) is 4.18.